The minimum atomic E-state index is -0.519. The van der Waals surface area contributed by atoms with Crippen LogP contribution in [0.2, 0.25) is 0 Å². The molecule has 0 amide bonds. The minimum absolute atomic E-state index is 0.487. The summed E-state index contributed by atoms with van der Waals surface area (Å²) in [6, 6.07) is 0. The lowest BCUT2D eigenvalue weighted by atomic mass is 10.0. The summed E-state index contributed by atoms with van der Waals surface area (Å²) in [6.07, 6.45) is 0.786. The van der Waals surface area contributed by atoms with Crippen LogP contribution in [0.25, 0.3) is 0 Å². The van der Waals surface area contributed by atoms with E-state index in [0.29, 0.717) is 5.92 Å². The van der Waals surface area contributed by atoms with Gasteiger partial charge in [-0.05, 0) is 12.3 Å². The third-order valence-electron chi connectivity index (χ3n) is 2.12. The highest BCUT2D eigenvalue weighted by molar-refractivity contribution is 4.63. The molecule has 0 saturated heterocycles. The van der Waals surface area contributed by atoms with E-state index in [0.717, 1.165) is 12.8 Å². The molecule has 1 N–H and O–H groups in total. The lowest BCUT2D eigenvalue weighted by molar-refractivity contribution is -0.168. The predicted molar refractivity (Wildman–Crippen MR) is 47.9 cm³/mol. The van der Waals surface area contributed by atoms with Crippen molar-refractivity contribution >= 4 is 0 Å². The van der Waals surface area contributed by atoms with E-state index in [1.54, 1.807) is 0 Å². The van der Waals surface area contributed by atoms with Gasteiger partial charge in [0.2, 0.25) is 0 Å². The Balaban J connectivity index is 3.75. The van der Waals surface area contributed by atoms with Gasteiger partial charge in [0.15, 0.2) is 6.29 Å². The highest BCUT2D eigenvalue weighted by atomic mass is 16.7. The van der Waals surface area contributed by atoms with Crippen molar-refractivity contribution in [3.63, 3.8) is 0 Å². The fourth-order valence-corrected chi connectivity index (χ4v) is 1.10. The van der Waals surface area contributed by atoms with Crippen LogP contribution in [0.1, 0.15) is 26.7 Å². The van der Waals surface area contributed by atoms with Crippen molar-refractivity contribution in [2.75, 3.05) is 14.2 Å². The van der Waals surface area contributed by atoms with E-state index in [1.165, 1.54) is 14.2 Å². The van der Waals surface area contributed by atoms with Crippen LogP contribution in [0.5, 0.6) is 0 Å². The number of aliphatic hydroxyl groups is 1. The monoisotopic (exact) mass is 176 g/mol. The largest absolute Gasteiger partial charge is 0.388 e. The third kappa shape index (κ3) is 4.04. The Morgan fingerprint density at radius 3 is 2.08 bits per heavy atom. The van der Waals surface area contributed by atoms with Crippen molar-refractivity contribution in [1.82, 2.24) is 0 Å². The van der Waals surface area contributed by atoms with Crippen molar-refractivity contribution in [2.24, 2.45) is 5.92 Å². The van der Waals surface area contributed by atoms with Crippen LogP contribution < -0.4 is 0 Å². The smallest absolute Gasteiger partial charge is 0.182 e. The highest BCUT2D eigenvalue weighted by Gasteiger charge is 2.19. The van der Waals surface area contributed by atoms with Crippen molar-refractivity contribution in [2.45, 2.75) is 39.1 Å². The molecule has 2 atom stereocenters. The summed E-state index contributed by atoms with van der Waals surface area (Å²) in [5.41, 5.74) is 0. The standard InChI is InChI=1S/C9H20O3/c1-5-7(2)6-8(10)9(11-3)12-4/h7-10H,5-6H2,1-4H3. The quantitative estimate of drug-likeness (QED) is 0.622. The van der Waals surface area contributed by atoms with Gasteiger partial charge in [-0.15, -0.1) is 0 Å². The molecule has 0 spiro atoms. The van der Waals surface area contributed by atoms with Gasteiger partial charge in [0.05, 0.1) is 0 Å². The maximum absolute atomic E-state index is 9.56. The first-order chi connectivity index (χ1) is 5.65. The molecule has 0 aromatic carbocycles. The van der Waals surface area contributed by atoms with Crippen LogP contribution in [0.15, 0.2) is 0 Å². The lowest BCUT2D eigenvalue weighted by Gasteiger charge is -2.22. The normalized spacial score (nSPS) is 16.5. The van der Waals surface area contributed by atoms with Gasteiger partial charge in [-0.2, -0.15) is 0 Å². The second kappa shape index (κ2) is 6.40. The summed E-state index contributed by atoms with van der Waals surface area (Å²) in [6.45, 7) is 4.21. The van der Waals surface area contributed by atoms with E-state index in [-0.39, 0.29) is 0 Å². The molecular formula is C9H20O3. The Labute approximate surface area is 74.7 Å². The number of ether oxygens (including phenoxy) is 2. The van der Waals surface area contributed by atoms with Gasteiger partial charge in [0.25, 0.3) is 0 Å². The Hall–Kier alpha value is -0.120. The van der Waals surface area contributed by atoms with Gasteiger partial charge in [0.1, 0.15) is 6.10 Å². The lowest BCUT2D eigenvalue weighted by Crippen LogP contribution is -2.31. The molecule has 12 heavy (non-hydrogen) atoms. The molecule has 0 heterocycles. The maximum atomic E-state index is 9.56. The van der Waals surface area contributed by atoms with Crippen LogP contribution in [-0.2, 0) is 9.47 Å². The molecule has 0 aromatic heterocycles. The van der Waals surface area contributed by atoms with Gasteiger partial charge in [-0.1, -0.05) is 20.3 Å². The summed E-state index contributed by atoms with van der Waals surface area (Å²) < 4.78 is 9.87. The number of aliphatic hydroxyl groups excluding tert-OH is 1. The van der Waals surface area contributed by atoms with Crippen LogP contribution in [0, 0.1) is 5.92 Å². The molecule has 2 unspecified atom stereocenters. The molecule has 0 aliphatic heterocycles. The Morgan fingerprint density at radius 1 is 1.25 bits per heavy atom. The van der Waals surface area contributed by atoms with Crippen LogP contribution in [-0.4, -0.2) is 31.7 Å². The fourth-order valence-electron chi connectivity index (χ4n) is 1.10. The summed E-state index contributed by atoms with van der Waals surface area (Å²) >= 11 is 0. The minimum Gasteiger partial charge on any atom is -0.388 e. The molecule has 0 aliphatic carbocycles. The zero-order valence-electron chi connectivity index (χ0n) is 8.41. The average molecular weight is 176 g/mol. The zero-order valence-corrected chi connectivity index (χ0v) is 8.41. The Morgan fingerprint density at radius 2 is 1.75 bits per heavy atom. The number of hydrogen-bond acceptors (Lipinski definition) is 3. The topological polar surface area (TPSA) is 38.7 Å². The van der Waals surface area contributed by atoms with Crippen LogP contribution >= 0.6 is 0 Å². The Bertz CT molecular complexity index is 102. The first kappa shape index (κ1) is 11.9. The number of rotatable bonds is 6. The van der Waals surface area contributed by atoms with Gasteiger partial charge >= 0.3 is 0 Å². The van der Waals surface area contributed by atoms with E-state index in [9.17, 15) is 5.11 Å². The molecule has 74 valence electrons. The van der Waals surface area contributed by atoms with Crippen molar-refractivity contribution < 1.29 is 14.6 Å². The predicted octanol–water partition coefficient (Wildman–Crippen LogP) is 1.40. The summed E-state index contributed by atoms with van der Waals surface area (Å²) in [5.74, 6) is 0.507. The van der Waals surface area contributed by atoms with Crippen molar-refractivity contribution in [1.29, 1.82) is 0 Å². The van der Waals surface area contributed by atoms with Crippen molar-refractivity contribution in [3.8, 4) is 0 Å². The molecule has 0 radical (unpaired) electrons. The first-order valence-corrected chi connectivity index (χ1v) is 4.39. The van der Waals surface area contributed by atoms with Gasteiger partial charge in [0, 0.05) is 14.2 Å². The molecule has 0 rings (SSSR count). The molecule has 0 aliphatic rings. The maximum Gasteiger partial charge on any atom is 0.182 e. The highest BCUT2D eigenvalue weighted by Crippen LogP contribution is 2.13. The van der Waals surface area contributed by atoms with Gasteiger partial charge < -0.3 is 14.6 Å². The SMILES string of the molecule is CCC(C)CC(O)C(OC)OC. The second-order valence-electron chi connectivity index (χ2n) is 3.16. The molecule has 0 fully saturated rings. The molecule has 3 nitrogen and oxygen atoms in total. The van der Waals surface area contributed by atoms with E-state index in [1.807, 2.05) is 0 Å². The van der Waals surface area contributed by atoms with Crippen LogP contribution in [0.3, 0.4) is 0 Å². The molecule has 0 aromatic rings. The Kier molecular flexibility index (Phi) is 6.34. The summed E-state index contributed by atoms with van der Waals surface area (Å²) in [7, 11) is 3.07. The summed E-state index contributed by atoms with van der Waals surface area (Å²) in [4.78, 5) is 0. The molecule has 0 saturated carbocycles. The average Bonchev–Trinajstić information content (AvgIpc) is 2.06. The second-order valence-corrected chi connectivity index (χ2v) is 3.16. The van der Waals surface area contributed by atoms with Crippen molar-refractivity contribution in [3.05, 3.63) is 0 Å². The van der Waals surface area contributed by atoms with E-state index in [2.05, 4.69) is 13.8 Å². The van der Waals surface area contributed by atoms with Crippen LogP contribution in [0.4, 0.5) is 0 Å². The number of methoxy groups -OCH3 is 2. The zero-order chi connectivity index (χ0) is 9.56. The van der Waals surface area contributed by atoms with E-state index < -0.39 is 12.4 Å². The first-order valence-electron chi connectivity index (χ1n) is 4.39. The number of hydrogen-bond donors (Lipinski definition) is 1. The van der Waals surface area contributed by atoms with Gasteiger partial charge in [-0.3, -0.25) is 0 Å². The van der Waals surface area contributed by atoms with Gasteiger partial charge in [-0.25, -0.2) is 0 Å². The summed E-state index contributed by atoms with van der Waals surface area (Å²) in [5, 5.41) is 9.56. The fraction of sp³-hybridized carbons (Fsp3) is 1.00. The van der Waals surface area contributed by atoms with E-state index in [4.69, 9.17) is 9.47 Å². The molecule has 3 heteroatoms. The van der Waals surface area contributed by atoms with E-state index >= 15 is 0 Å². The molecule has 0 bridgehead atoms. The molecular weight excluding hydrogens is 156 g/mol. The third-order valence-corrected chi connectivity index (χ3v) is 2.12.